The number of aromatic nitrogens is 1. The van der Waals surface area contributed by atoms with Gasteiger partial charge in [0.1, 0.15) is 18.5 Å². The monoisotopic (exact) mass is 292 g/mol. The van der Waals surface area contributed by atoms with E-state index in [9.17, 15) is 5.11 Å². The molecule has 0 radical (unpaired) electrons. The minimum absolute atomic E-state index is 0.291. The fourth-order valence-corrected chi connectivity index (χ4v) is 2.46. The number of nitrogens with zero attached hydrogens (tertiary/aromatic N) is 1. The van der Waals surface area contributed by atoms with Crippen molar-refractivity contribution in [2.45, 2.75) is 26.5 Å². The van der Waals surface area contributed by atoms with Gasteiger partial charge in [0.25, 0.3) is 0 Å². The Morgan fingerprint density at radius 2 is 2.25 bits per heavy atom. The molecule has 0 amide bonds. The first-order chi connectivity index (χ1) is 9.65. The maximum absolute atomic E-state index is 9.88. The molecule has 0 spiro atoms. The van der Waals surface area contributed by atoms with Crippen molar-refractivity contribution in [3.05, 3.63) is 45.9 Å². The molecule has 0 aliphatic heterocycles. The van der Waals surface area contributed by atoms with Gasteiger partial charge in [-0.05, 0) is 25.5 Å². The van der Waals surface area contributed by atoms with E-state index >= 15 is 0 Å². The van der Waals surface area contributed by atoms with Crippen LogP contribution in [0.4, 0.5) is 0 Å². The van der Waals surface area contributed by atoms with Gasteiger partial charge < -0.3 is 15.2 Å². The number of aliphatic hydroxyl groups is 1. The number of benzene rings is 1. The van der Waals surface area contributed by atoms with Crippen molar-refractivity contribution < 1.29 is 9.84 Å². The SMILES string of the molecule is Cc1ccc(OCC(O)CNCc2cncs2)c(C)c1. The molecular formula is C15H20N2O2S. The zero-order chi connectivity index (χ0) is 14.4. The summed E-state index contributed by atoms with van der Waals surface area (Å²) in [5.41, 5.74) is 4.10. The molecule has 2 aromatic rings. The van der Waals surface area contributed by atoms with Crippen LogP contribution in [0.25, 0.3) is 0 Å². The van der Waals surface area contributed by atoms with Crippen LogP contribution in [0.1, 0.15) is 16.0 Å². The molecular weight excluding hydrogens is 272 g/mol. The maximum atomic E-state index is 9.88. The molecule has 0 bridgehead atoms. The number of thiazole rings is 1. The summed E-state index contributed by atoms with van der Waals surface area (Å²) in [5.74, 6) is 0.831. The van der Waals surface area contributed by atoms with Crippen molar-refractivity contribution in [2.24, 2.45) is 0 Å². The molecule has 0 saturated carbocycles. The second-order valence-electron chi connectivity index (χ2n) is 4.83. The minimum atomic E-state index is -0.524. The van der Waals surface area contributed by atoms with Crippen LogP contribution in [-0.2, 0) is 6.54 Å². The van der Waals surface area contributed by atoms with Crippen molar-refractivity contribution in [2.75, 3.05) is 13.2 Å². The fraction of sp³-hybridized carbons (Fsp3) is 0.400. The molecule has 2 rings (SSSR count). The quantitative estimate of drug-likeness (QED) is 0.822. The summed E-state index contributed by atoms with van der Waals surface area (Å²) in [7, 11) is 0. The molecule has 5 heteroatoms. The van der Waals surface area contributed by atoms with E-state index < -0.39 is 6.10 Å². The summed E-state index contributed by atoms with van der Waals surface area (Å²) in [6, 6.07) is 6.03. The number of nitrogens with one attached hydrogen (secondary N) is 1. The highest BCUT2D eigenvalue weighted by molar-refractivity contribution is 7.09. The zero-order valence-electron chi connectivity index (χ0n) is 11.8. The van der Waals surface area contributed by atoms with E-state index in [1.807, 2.05) is 25.3 Å². The van der Waals surface area contributed by atoms with E-state index in [-0.39, 0.29) is 0 Å². The molecule has 4 nitrogen and oxygen atoms in total. The molecule has 108 valence electrons. The largest absolute Gasteiger partial charge is 0.491 e. The first kappa shape index (κ1) is 15.0. The van der Waals surface area contributed by atoms with Gasteiger partial charge in [-0.15, -0.1) is 11.3 Å². The molecule has 0 fully saturated rings. The Hall–Kier alpha value is -1.43. The number of aliphatic hydroxyl groups excluding tert-OH is 1. The van der Waals surface area contributed by atoms with Crippen LogP contribution in [0.2, 0.25) is 0 Å². The zero-order valence-corrected chi connectivity index (χ0v) is 12.6. The smallest absolute Gasteiger partial charge is 0.122 e. The van der Waals surface area contributed by atoms with Gasteiger partial charge in [-0.2, -0.15) is 0 Å². The van der Waals surface area contributed by atoms with Gasteiger partial charge in [-0.1, -0.05) is 17.7 Å². The van der Waals surface area contributed by atoms with E-state index in [0.717, 1.165) is 22.7 Å². The topological polar surface area (TPSA) is 54.4 Å². The second-order valence-corrected chi connectivity index (χ2v) is 5.80. The summed E-state index contributed by atoms with van der Waals surface area (Å²) in [4.78, 5) is 5.16. The lowest BCUT2D eigenvalue weighted by Crippen LogP contribution is -2.31. The molecule has 20 heavy (non-hydrogen) atoms. The van der Waals surface area contributed by atoms with Crippen LogP contribution < -0.4 is 10.1 Å². The van der Waals surface area contributed by atoms with E-state index in [1.165, 1.54) is 5.56 Å². The number of ether oxygens (including phenoxy) is 1. The number of aryl methyl sites for hydroxylation is 2. The lowest BCUT2D eigenvalue weighted by atomic mass is 10.1. The molecule has 0 aliphatic carbocycles. The van der Waals surface area contributed by atoms with Gasteiger partial charge in [0.15, 0.2) is 0 Å². The van der Waals surface area contributed by atoms with Gasteiger partial charge in [-0.3, -0.25) is 4.98 Å². The summed E-state index contributed by atoms with van der Waals surface area (Å²) in [6.07, 6.45) is 1.31. The highest BCUT2D eigenvalue weighted by atomic mass is 32.1. The molecule has 1 aromatic heterocycles. The Balaban J connectivity index is 1.70. The average Bonchev–Trinajstić information content (AvgIpc) is 2.91. The van der Waals surface area contributed by atoms with Crippen LogP contribution in [0.3, 0.4) is 0 Å². The Kier molecular flexibility index (Phi) is 5.52. The fourth-order valence-electron chi connectivity index (χ4n) is 1.90. The summed E-state index contributed by atoms with van der Waals surface area (Å²) >= 11 is 1.60. The van der Waals surface area contributed by atoms with E-state index in [4.69, 9.17) is 4.74 Å². The molecule has 1 unspecified atom stereocenters. The van der Waals surface area contributed by atoms with Gasteiger partial charge in [-0.25, -0.2) is 0 Å². The Morgan fingerprint density at radius 1 is 1.40 bits per heavy atom. The standard InChI is InChI=1S/C15H20N2O2S/c1-11-3-4-15(12(2)5-11)19-9-13(18)6-16-7-14-8-17-10-20-14/h3-5,8,10,13,16,18H,6-7,9H2,1-2H3. The Labute approximate surface area is 123 Å². The van der Waals surface area contributed by atoms with Gasteiger partial charge >= 0.3 is 0 Å². The minimum Gasteiger partial charge on any atom is -0.491 e. The highest BCUT2D eigenvalue weighted by Gasteiger charge is 2.07. The molecule has 0 saturated heterocycles. The average molecular weight is 292 g/mol. The third-order valence-electron chi connectivity index (χ3n) is 2.92. The van der Waals surface area contributed by atoms with Crippen molar-refractivity contribution in [1.82, 2.24) is 10.3 Å². The molecule has 1 atom stereocenters. The molecule has 1 aromatic carbocycles. The lowest BCUT2D eigenvalue weighted by Gasteiger charge is -2.14. The van der Waals surface area contributed by atoms with E-state index in [1.54, 1.807) is 16.8 Å². The molecule has 2 N–H and O–H groups in total. The van der Waals surface area contributed by atoms with Crippen molar-refractivity contribution in [3.8, 4) is 5.75 Å². The number of rotatable bonds is 7. The molecule has 1 heterocycles. The maximum Gasteiger partial charge on any atom is 0.122 e. The Morgan fingerprint density at radius 3 is 2.95 bits per heavy atom. The first-order valence-corrected chi connectivity index (χ1v) is 7.49. The van der Waals surface area contributed by atoms with Crippen LogP contribution in [0, 0.1) is 13.8 Å². The predicted octanol–water partition coefficient (Wildman–Crippen LogP) is 2.29. The highest BCUT2D eigenvalue weighted by Crippen LogP contribution is 2.18. The van der Waals surface area contributed by atoms with Crippen LogP contribution in [0.5, 0.6) is 5.75 Å². The van der Waals surface area contributed by atoms with E-state index in [0.29, 0.717) is 13.2 Å². The summed E-state index contributed by atoms with van der Waals surface area (Å²) in [6.45, 7) is 5.58. The van der Waals surface area contributed by atoms with Crippen molar-refractivity contribution in [1.29, 1.82) is 0 Å². The third kappa shape index (κ3) is 4.59. The van der Waals surface area contributed by atoms with E-state index in [2.05, 4.69) is 23.3 Å². The van der Waals surface area contributed by atoms with Gasteiger partial charge in [0.2, 0.25) is 0 Å². The van der Waals surface area contributed by atoms with Crippen LogP contribution in [-0.4, -0.2) is 29.3 Å². The predicted molar refractivity (Wildman–Crippen MR) is 81.2 cm³/mol. The molecule has 0 aliphatic rings. The van der Waals surface area contributed by atoms with Crippen molar-refractivity contribution in [3.63, 3.8) is 0 Å². The third-order valence-corrected chi connectivity index (χ3v) is 3.70. The summed E-state index contributed by atoms with van der Waals surface area (Å²) < 4.78 is 5.64. The van der Waals surface area contributed by atoms with Crippen LogP contribution >= 0.6 is 11.3 Å². The van der Waals surface area contributed by atoms with Gasteiger partial charge in [0, 0.05) is 24.2 Å². The number of hydrogen-bond donors (Lipinski definition) is 2. The van der Waals surface area contributed by atoms with Crippen LogP contribution in [0.15, 0.2) is 29.9 Å². The second kappa shape index (κ2) is 7.38. The normalized spacial score (nSPS) is 12.3. The number of hydrogen-bond acceptors (Lipinski definition) is 5. The van der Waals surface area contributed by atoms with Gasteiger partial charge in [0.05, 0.1) is 5.51 Å². The lowest BCUT2D eigenvalue weighted by molar-refractivity contribution is 0.106. The Bertz CT molecular complexity index is 529. The summed E-state index contributed by atoms with van der Waals surface area (Å²) in [5, 5.41) is 13.1. The van der Waals surface area contributed by atoms with Crippen molar-refractivity contribution >= 4 is 11.3 Å². The first-order valence-electron chi connectivity index (χ1n) is 6.61.